The van der Waals surface area contributed by atoms with Gasteiger partial charge in [0, 0.05) is 13.0 Å². The van der Waals surface area contributed by atoms with Crippen LogP contribution >= 0.6 is 0 Å². The van der Waals surface area contributed by atoms with Crippen LogP contribution in [0.1, 0.15) is 26.2 Å². The minimum absolute atomic E-state index is 0.0812. The summed E-state index contributed by atoms with van der Waals surface area (Å²) in [5, 5.41) is 6.27. The van der Waals surface area contributed by atoms with Crippen molar-refractivity contribution in [2.45, 2.75) is 26.2 Å². The Morgan fingerprint density at radius 3 is 3.12 bits per heavy atom. The molecule has 17 heavy (non-hydrogen) atoms. The zero-order valence-electron chi connectivity index (χ0n) is 10.3. The van der Waals surface area contributed by atoms with E-state index in [1.54, 1.807) is 0 Å². The molecule has 0 bridgehead atoms. The summed E-state index contributed by atoms with van der Waals surface area (Å²) in [4.78, 5) is 16.0. The van der Waals surface area contributed by atoms with E-state index in [2.05, 4.69) is 21.7 Å². The molecule has 2 heterocycles. The van der Waals surface area contributed by atoms with Crippen LogP contribution in [0.15, 0.2) is 28.4 Å². The second kappa shape index (κ2) is 5.77. The predicted molar refractivity (Wildman–Crippen MR) is 69.0 cm³/mol. The van der Waals surface area contributed by atoms with Crippen LogP contribution in [0.5, 0.6) is 0 Å². The van der Waals surface area contributed by atoms with Crippen molar-refractivity contribution in [1.82, 2.24) is 10.6 Å². The van der Waals surface area contributed by atoms with Crippen LogP contribution in [0.3, 0.4) is 0 Å². The van der Waals surface area contributed by atoms with E-state index >= 15 is 0 Å². The van der Waals surface area contributed by atoms with Gasteiger partial charge < -0.3 is 10.6 Å². The summed E-state index contributed by atoms with van der Waals surface area (Å²) < 4.78 is 0. The Labute approximate surface area is 102 Å². The first-order chi connectivity index (χ1) is 8.31. The Bertz CT molecular complexity index is 393. The molecule has 2 N–H and O–H groups in total. The SMILES string of the molecule is CCCC(=O)NC1=CCN=C1C1=CCCNC1. The van der Waals surface area contributed by atoms with Crippen LogP contribution in [-0.2, 0) is 4.79 Å². The maximum absolute atomic E-state index is 11.6. The Morgan fingerprint density at radius 2 is 2.41 bits per heavy atom. The second-order valence-electron chi connectivity index (χ2n) is 4.30. The van der Waals surface area contributed by atoms with E-state index in [1.165, 1.54) is 5.57 Å². The smallest absolute Gasteiger partial charge is 0.224 e. The minimum atomic E-state index is 0.0812. The molecule has 0 saturated carbocycles. The molecule has 92 valence electrons. The van der Waals surface area contributed by atoms with Crippen LogP contribution < -0.4 is 10.6 Å². The number of carbonyl (C=O) groups excluding carboxylic acids is 1. The van der Waals surface area contributed by atoms with Gasteiger partial charge in [-0.05, 0) is 31.0 Å². The van der Waals surface area contributed by atoms with Gasteiger partial charge in [0.1, 0.15) is 0 Å². The molecule has 0 radical (unpaired) electrons. The van der Waals surface area contributed by atoms with E-state index in [1.807, 2.05) is 13.0 Å². The first-order valence-electron chi connectivity index (χ1n) is 6.26. The van der Waals surface area contributed by atoms with E-state index in [9.17, 15) is 4.79 Å². The normalized spacial score (nSPS) is 19.5. The molecule has 1 amide bonds. The fourth-order valence-electron chi connectivity index (χ4n) is 2.06. The van der Waals surface area contributed by atoms with Crippen LogP contribution in [0.2, 0.25) is 0 Å². The lowest BCUT2D eigenvalue weighted by Crippen LogP contribution is -2.31. The van der Waals surface area contributed by atoms with Crippen molar-refractivity contribution < 1.29 is 4.79 Å². The summed E-state index contributed by atoms with van der Waals surface area (Å²) in [5.74, 6) is 0.0812. The molecule has 0 atom stereocenters. The van der Waals surface area contributed by atoms with Gasteiger partial charge in [-0.3, -0.25) is 9.79 Å². The van der Waals surface area contributed by atoms with Gasteiger partial charge in [-0.2, -0.15) is 0 Å². The highest BCUT2D eigenvalue weighted by Gasteiger charge is 2.19. The summed E-state index contributed by atoms with van der Waals surface area (Å²) in [7, 11) is 0. The first kappa shape index (κ1) is 12.0. The highest BCUT2D eigenvalue weighted by atomic mass is 16.1. The van der Waals surface area contributed by atoms with Crippen LogP contribution in [-0.4, -0.2) is 31.3 Å². The number of nitrogens with zero attached hydrogens (tertiary/aromatic N) is 1. The molecule has 0 unspecified atom stereocenters. The molecule has 2 rings (SSSR count). The molecule has 2 aliphatic rings. The largest absolute Gasteiger partial charge is 0.324 e. The standard InChI is InChI=1S/C13H19N3O/c1-2-4-12(17)16-11-6-8-15-13(11)10-5-3-7-14-9-10/h5-6,14H,2-4,7-9H2,1H3,(H,16,17). The Hall–Kier alpha value is -1.42. The number of aliphatic imine (C=N–C) groups is 1. The second-order valence-corrected chi connectivity index (χ2v) is 4.30. The third-order valence-electron chi connectivity index (χ3n) is 2.88. The third-order valence-corrected chi connectivity index (χ3v) is 2.88. The summed E-state index contributed by atoms with van der Waals surface area (Å²) in [5.41, 5.74) is 3.05. The highest BCUT2D eigenvalue weighted by molar-refractivity contribution is 6.15. The summed E-state index contributed by atoms with van der Waals surface area (Å²) in [6.07, 6.45) is 6.67. The zero-order valence-corrected chi connectivity index (χ0v) is 10.3. The molecular formula is C13H19N3O. The topological polar surface area (TPSA) is 53.5 Å². The quantitative estimate of drug-likeness (QED) is 0.765. The average Bonchev–Trinajstić information content (AvgIpc) is 2.78. The molecule has 0 saturated heterocycles. The number of nitrogens with one attached hydrogen (secondary N) is 2. The molecule has 0 spiro atoms. The van der Waals surface area contributed by atoms with Crippen molar-refractivity contribution in [1.29, 1.82) is 0 Å². The fraction of sp³-hybridized carbons (Fsp3) is 0.538. The first-order valence-corrected chi connectivity index (χ1v) is 6.26. The Kier molecular flexibility index (Phi) is 4.09. The van der Waals surface area contributed by atoms with Crippen LogP contribution in [0.25, 0.3) is 0 Å². The number of amides is 1. The van der Waals surface area contributed by atoms with Gasteiger partial charge in [-0.1, -0.05) is 13.0 Å². The molecule has 0 aromatic heterocycles. The van der Waals surface area contributed by atoms with E-state index in [-0.39, 0.29) is 5.91 Å². The van der Waals surface area contributed by atoms with Gasteiger partial charge in [0.2, 0.25) is 5.91 Å². The maximum atomic E-state index is 11.6. The molecule has 4 heteroatoms. The van der Waals surface area contributed by atoms with Crippen LogP contribution in [0, 0.1) is 0 Å². The number of carbonyl (C=O) groups is 1. The number of hydrogen-bond donors (Lipinski definition) is 2. The van der Waals surface area contributed by atoms with Gasteiger partial charge in [-0.15, -0.1) is 0 Å². The highest BCUT2D eigenvalue weighted by Crippen LogP contribution is 2.14. The number of allylic oxidation sites excluding steroid dienone is 1. The summed E-state index contributed by atoms with van der Waals surface area (Å²) >= 11 is 0. The lowest BCUT2D eigenvalue weighted by atomic mass is 10.0. The van der Waals surface area contributed by atoms with Crippen molar-refractivity contribution in [2.24, 2.45) is 4.99 Å². The van der Waals surface area contributed by atoms with Crippen molar-refractivity contribution in [3.8, 4) is 0 Å². The average molecular weight is 233 g/mol. The number of rotatable bonds is 4. The predicted octanol–water partition coefficient (Wildman–Crippen LogP) is 1.16. The van der Waals surface area contributed by atoms with Crippen molar-refractivity contribution in [3.05, 3.63) is 23.4 Å². The molecular weight excluding hydrogens is 214 g/mol. The van der Waals surface area contributed by atoms with Gasteiger partial charge in [0.25, 0.3) is 0 Å². The molecule has 4 nitrogen and oxygen atoms in total. The third kappa shape index (κ3) is 3.03. The molecule has 0 fully saturated rings. The van der Waals surface area contributed by atoms with Crippen molar-refractivity contribution >= 4 is 11.6 Å². The van der Waals surface area contributed by atoms with E-state index in [4.69, 9.17) is 0 Å². The van der Waals surface area contributed by atoms with E-state index in [0.717, 1.165) is 37.3 Å². The van der Waals surface area contributed by atoms with Gasteiger partial charge in [0.15, 0.2) is 0 Å². The Balaban J connectivity index is 2.01. The number of hydrogen-bond acceptors (Lipinski definition) is 3. The van der Waals surface area contributed by atoms with Crippen LogP contribution in [0.4, 0.5) is 0 Å². The van der Waals surface area contributed by atoms with E-state index < -0.39 is 0 Å². The lowest BCUT2D eigenvalue weighted by molar-refractivity contribution is -0.120. The molecule has 0 aromatic rings. The zero-order chi connectivity index (χ0) is 12.1. The van der Waals surface area contributed by atoms with Gasteiger partial charge in [0.05, 0.1) is 18.0 Å². The van der Waals surface area contributed by atoms with Crippen molar-refractivity contribution in [2.75, 3.05) is 19.6 Å². The molecule has 2 aliphatic heterocycles. The van der Waals surface area contributed by atoms with Crippen molar-refractivity contribution in [3.63, 3.8) is 0 Å². The molecule has 0 aromatic carbocycles. The van der Waals surface area contributed by atoms with Gasteiger partial charge >= 0.3 is 0 Å². The van der Waals surface area contributed by atoms with E-state index in [0.29, 0.717) is 13.0 Å². The fourth-order valence-corrected chi connectivity index (χ4v) is 2.06. The van der Waals surface area contributed by atoms with Gasteiger partial charge in [-0.25, -0.2) is 0 Å². The monoisotopic (exact) mass is 233 g/mol. The Morgan fingerprint density at radius 1 is 1.53 bits per heavy atom. The maximum Gasteiger partial charge on any atom is 0.224 e. The summed E-state index contributed by atoms with van der Waals surface area (Å²) in [6.45, 7) is 4.55. The summed E-state index contributed by atoms with van der Waals surface area (Å²) in [6, 6.07) is 0. The lowest BCUT2D eigenvalue weighted by Gasteiger charge is -2.16. The molecule has 0 aliphatic carbocycles. The minimum Gasteiger partial charge on any atom is -0.324 e.